The summed E-state index contributed by atoms with van der Waals surface area (Å²) < 4.78 is 0. The number of nitrogens with two attached hydrogens (primary N) is 1. The van der Waals surface area contributed by atoms with E-state index < -0.39 is 0 Å². The number of nitrogen functional groups attached to an aromatic ring is 1. The van der Waals surface area contributed by atoms with Crippen molar-refractivity contribution in [3.63, 3.8) is 0 Å². The molecule has 90 valence electrons. The Balaban J connectivity index is 2.11. The zero-order valence-corrected chi connectivity index (χ0v) is 10.4. The predicted octanol–water partition coefficient (Wildman–Crippen LogP) is 3.41. The normalized spacial score (nSPS) is 9.78. The van der Waals surface area contributed by atoms with E-state index in [1.807, 2.05) is 30.3 Å². The molecule has 0 amide bonds. The topological polar surface area (TPSA) is 61.8 Å². The molecule has 3 N–H and O–H groups in total. The van der Waals surface area contributed by atoms with Crippen LogP contribution in [-0.2, 0) is 6.54 Å². The van der Waals surface area contributed by atoms with Gasteiger partial charge in [-0.15, -0.1) is 0 Å². The Kier molecular flexibility index (Phi) is 3.71. The summed E-state index contributed by atoms with van der Waals surface area (Å²) in [4.78, 5) is 0. The second-order valence-electron chi connectivity index (χ2n) is 3.90. The van der Waals surface area contributed by atoms with Crippen LogP contribution in [0.4, 0.5) is 11.4 Å². The summed E-state index contributed by atoms with van der Waals surface area (Å²) in [6, 6.07) is 14.9. The minimum atomic E-state index is 0.545. The summed E-state index contributed by atoms with van der Waals surface area (Å²) in [7, 11) is 0. The zero-order chi connectivity index (χ0) is 13.0. The minimum absolute atomic E-state index is 0.545. The number of nitrogens with zero attached hydrogens (tertiary/aromatic N) is 1. The number of nitrogens with one attached hydrogen (secondary N) is 1. The van der Waals surface area contributed by atoms with Crippen LogP contribution in [-0.4, -0.2) is 0 Å². The fraction of sp³-hybridized carbons (Fsp3) is 0.0714. The predicted molar refractivity (Wildman–Crippen MR) is 74.3 cm³/mol. The molecule has 0 heterocycles. The molecule has 0 saturated carbocycles. The first-order valence-corrected chi connectivity index (χ1v) is 5.85. The molecule has 4 heteroatoms. The molecule has 0 saturated heterocycles. The number of nitriles is 1. The standard InChI is InChI=1S/C14H12ClN3/c15-12-3-1-10(2-4-12)9-18-14-6-5-13(17)7-11(14)8-16/h1-7,18H,9,17H2. The number of hydrogen-bond acceptors (Lipinski definition) is 3. The largest absolute Gasteiger partial charge is 0.399 e. The summed E-state index contributed by atoms with van der Waals surface area (Å²) in [6.45, 7) is 0.635. The first-order valence-electron chi connectivity index (χ1n) is 5.47. The van der Waals surface area contributed by atoms with Crippen LogP contribution < -0.4 is 11.1 Å². The highest BCUT2D eigenvalue weighted by molar-refractivity contribution is 6.30. The highest BCUT2D eigenvalue weighted by atomic mass is 35.5. The number of benzene rings is 2. The molecule has 0 aromatic heterocycles. The lowest BCUT2D eigenvalue weighted by Crippen LogP contribution is -2.01. The SMILES string of the molecule is N#Cc1cc(N)ccc1NCc1ccc(Cl)cc1. The first-order chi connectivity index (χ1) is 8.69. The first kappa shape index (κ1) is 12.3. The average Bonchev–Trinajstić information content (AvgIpc) is 2.39. The maximum atomic E-state index is 9.01. The van der Waals surface area contributed by atoms with Crippen LogP contribution >= 0.6 is 11.6 Å². The third-order valence-corrected chi connectivity index (χ3v) is 2.81. The summed E-state index contributed by atoms with van der Waals surface area (Å²) in [5.41, 5.74) is 8.64. The van der Waals surface area contributed by atoms with Crippen molar-refractivity contribution in [1.29, 1.82) is 5.26 Å². The lowest BCUT2D eigenvalue weighted by atomic mass is 10.1. The maximum absolute atomic E-state index is 9.01. The molecule has 0 unspecified atom stereocenters. The molecule has 0 atom stereocenters. The summed E-state index contributed by atoms with van der Waals surface area (Å²) in [5.74, 6) is 0. The van der Waals surface area contributed by atoms with E-state index >= 15 is 0 Å². The molecule has 0 aliphatic carbocycles. The number of hydrogen-bond donors (Lipinski definition) is 2. The van der Waals surface area contributed by atoms with E-state index in [4.69, 9.17) is 22.6 Å². The highest BCUT2D eigenvalue weighted by Crippen LogP contribution is 2.19. The van der Waals surface area contributed by atoms with E-state index in [2.05, 4.69) is 11.4 Å². The summed E-state index contributed by atoms with van der Waals surface area (Å²) in [6.07, 6.45) is 0. The average molecular weight is 258 g/mol. The molecule has 0 fully saturated rings. The smallest absolute Gasteiger partial charge is 0.101 e. The Morgan fingerprint density at radius 1 is 1.17 bits per heavy atom. The van der Waals surface area contributed by atoms with Crippen LogP contribution in [0.2, 0.25) is 5.02 Å². The molecular formula is C14H12ClN3. The van der Waals surface area contributed by atoms with E-state index in [0.717, 1.165) is 11.3 Å². The van der Waals surface area contributed by atoms with Crippen LogP contribution in [0.25, 0.3) is 0 Å². The monoisotopic (exact) mass is 257 g/mol. The second kappa shape index (κ2) is 5.44. The maximum Gasteiger partial charge on any atom is 0.101 e. The van der Waals surface area contributed by atoms with Crippen molar-refractivity contribution in [2.75, 3.05) is 11.1 Å². The molecule has 0 spiro atoms. The molecule has 2 aromatic rings. The lowest BCUT2D eigenvalue weighted by molar-refractivity contribution is 1.15. The molecule has 0 radical (unpaired) electrons. The molecule has 3 nitrogen and oxygen atoms in total. The van der Waals surface area contributed by atoms with Gasteiger partial charge in [-0.25, -0.2) is 0 Å². The van der Waals surface area contributed by atoms with Gasteiger partial charge >= 0.3 is 0 Å². The van der Waals surface area contributed by atoms with Gasteiger partial charge in [-0.3, -0.25) is 0 Å². The van der Waals surface area contributed by atoms with Crippen molar-refractivity contribution in [1.82, 2.24) is 0 Å². The van der Waals surface area contributed by atoms with E-state index in [1.54, 1.807) is 12.1 Å². The van der Waals surface area contributed by atoms with Crippen molar-refractivity contribution in [3.05, 3.63) is 58.6 Å². The van der Waals surface area contributed by atoms with E-state index in [1.165, 1.54) is 0 Å². The van der Waals surface area contributed by atoms with Gasteiger partial charge in [0, 0.05) is 17.3 Å². The Labute approximate surface area is 111 Å². The molecule has 0 aliphatic heterocycles. The van der Waals surface area contributed by atoms with Gasteiger partial charge in [-0.1, -0.05) is 23.7 Å². The van der Waals surface area contributed by atoms with Crippen LogP contribution in [0.1, 0.15) is 11.1 Å². The molecule has 18 heavy (non-hydrogen) atoms. The van der Waals surface area contributed by atoms with Crippen molar-refractivity contribution in [2.24, 2.45) is 0 Å². The van der Waals surface area contributed by atoms with E-state index in [-0.39, 0.29) is 0 Å². The van der Waals surface area contributed by atoms with Gasteiger partial charge in [0.15, 0.2) is 0 Å². The van der Waals surface area contributed by atoms with E-state index in [9.17, 15) is 0 Å². The molecule has 0 bridgehead atoms. The Morgan fingerprint density at radius 2 is 1.89 bits per heavy atom. The fourth-order valence-electron chi connectivity index (χ4n) is 1.61. The number of rotatable bonds is 3. The van der Waals surface area contributed by atoms with Gasteiger partial charge in [0.25, 0.3) is 0 Å². The van der Waals surface area contributed by atoms with Gasteiger partial charge in [-0.2, -0.15) is 5.26 Å². The quantitative estimate of drug-likeness (QED) is 0.829. The lowest BCUT2D eigenvalue weighted by Gasteiger charge is -2.09. The Bertz CT molecular complexity index is 585. The second-order valence-corrected chi connectivity index (χ2v) is 4.33. The van der Waals surface area contributed by atoms with Crippen LogP contribution in [0.3, 0.4) is 0 Å². The van der Waals surface area contributed by atoms with Crippen LogP contribution in [0.15, 0.2) is 42.5 Å². The van der Waals surface area contributed by atoms with Crippen molar-refractivity contribution in [2.45, 2.75) is 6.54 Å². The molecule has 2 aromatic carbocycles. The number of halogens is 1. The van der Waals surface area contributed by atoms with Gasteiger partial charge in [-0.05, 0) is 35.9 Å². The van der Waals surface area contributed by atoms with Crippen LogP contribution in [0, 0.1) is 11.3 Å². The third kappa shape index (κ3) is 2.93. The molecular weight excluding hydrogens is 246 g/mol. The highest BCUT2D eigenvalue weighted by Gasteiger charge is 2.02. The van der Waals surface area contributed by atoms with Crippen LogP contribution in [0.5, 0.6) is 0 Å². The molecule has 0 aliphatic rings. The minimum Gasteiger partial charge on any atom is -0.399 e. The Hall–Kier alpha value is -2.18. The van der Waals surface area contributed by atoms with Gasteiger partial charge < -0.3 is 11.1 Å². The zero-order valence-electron chi connectivity index (χ0n) is 9.65. The third-order valence-electron chi connectivity index (χ3n) is 2.56. The summed E-state index contributed by atoms with van der Waals surface area (Å²) in [5, 5.41) is 12.9. The fourth-order valence-corrected chi connectivity index (χ4v) is 1.73. The van der Waals surface area contributed by atoms with Crippen molar-refractivity contribution >= 4 is 23.0 Å². The number of anilines is 2. The summed E-state index contributed by atoms with van der Waals surface area (Å²) >= 11 is 5.82. The van der Waals surface area contributed by atoms with Gasteiger partial charge in [0.2, 0.25) is 0 Å². The van der Waals surface area contributed by atoms with Gasteiger partial charge in [0.1, 0.15) is 6.07 Å². The van der Waals surface area contributed by atoms with Crippen molar-refractivity contribution in [3.8, 4) is 6.07 Å². The van der Waals surface area contributed by atoms with E-state index in [0.29, 0.717) is 22.8 Å². The Morgan fingerprint density at radius 3 is 2.56 bits per heavy atom. The molecule has 2 rings (SSSR count). The van der Waals surface area contributed by atoms with Gasteiger partial charge in [0.05, 0.1) is 11.3 Å². The van der Waals surface area contributed by atoms with Crippen molar-refractivity contribution < 1.29 is 0 Å².